The number of amides is 1. The molecule has 37 heavy (non-hydrogen) atoms. The zero-order valence-corrected chi connectivity index (χ0v) is 25.9. The average Bonchev–Trinajstić information content (AvgIpc) is 2.75. The maximum Gasteiger partial charge on any atom is 0.414 e. The quantitative estimate of drug-likeness (QED) is 0.216. The van der Waals surface area contributed by atoms with Crippen LogP contribution >= 0.6 is 27.5 Å². The lowest BCUT2D eigenvalue weighted by Crippen LogP contribution is -2.58. The zero-order chi connectivity index (χ0) is 27.9. The van der Waals surface area contributed by atoms with Gasteiger partial charge in [0.2, 0.25) is 0 Å². The van der Waals surface area contributed by atoms with Crippen LogP contribution in [0.2, 0.25) is 23.2 Å². The Labute approximate surface area is 232 Å². The van der Waals surface area contributed by atoms with Gasteiger partial charge in [0.15, 0.2) is 8.32 Å². The Bertz CT molecular complexity index is 1200. The fraction of sp³-hybridized carbons (Fsp3) is 0.625. The Hall–Kier alpha value is -2.02. The summed E-state index contributed by atoms with van der Waals surface area (Å²) in [5, 5.41) is 21.0. The number of carbonyl (C=O) groups excluding carboxylic acids is 1. The fourth-order valence-electron chi connectivity index (χ4n) is 3.79. The van der Waals surface area contributed by atoms with Crippen LogP contribution in [0, 0.1) is 10.1 Å². The summed E-state index contributed by atoms with van der Waals surface area (Å²) in [5.41, 5.74) is 0.141. The van der Waals surface area contributed by atoms with Gasteiger partial charge in [-0.1, -0.05) is 32.4 Å². The van der Waals surface area contributed by atoms with Crippen molar-refractivity contribution in [2.45, 2.75) is 71.3 Å². The van der Waals surface area contributed by atoms with Crippen molar-refractivity contribution in [2.24, 2.45) is 0 Å². The zero-order valence-electron chi connectivity index (χ0n) is 22.6. The number of aromatic nitrogens is 2. The second-order valence-electron chi connectivity index (χ2n) is 11.8. The third-order valence-electron chi connectivity index (χ3n) is 6.80. The minimum atomic E-state index is -2.16. The summed E-state index contributed by atoms with van der Waals surface area (Å²) in [5.74, 6) is -0.367. The molecule has 1 aliphatic rings. The minimum Gasteiger partial charge on any atom is -0.444 e. The Balaban J connectivity index is 2.08. The van der Waals surface area contributed by atoms with Crippen LogP contribution in [0.15, 0.2) is 16.6 Å². The van der Waals surface area contributed by atoms with Crippen LogP contribution in [0.4, 0.5) is 16.3 Å². The van der Waals surface area contributed by atoms with E-state index < -0.39 is 24.9 Å². The number of benzene rings is 1. The van der Waals surface area contributed by atoms with E-state index in [1.807, 2.05) is 25.7 Å². The molecular formula is C24H35BrClN5O5Si. The molecule has 0 saturated carbocycles. The fourth-order valence-corrected chi connectivity index (χ4v) is 5.33. The molecule has 0 unspecified atom stereocenters. The van der Waals surface area contributed by atoms with E-state index in [1.54, 1.807) is 17.0 Å². The van der Waals surface area contributed by atoms with Crippen molar-refractivity contribution in [3.8, 4) is 0 Å². The second-order valence-corrected chi connectivity index (χ2v) is 17.8. The molecule has 1 aromatic heterocycles. The van der Waals surface area contributed by atoms with Gasteiger partial charge in [-0.15, -0.1) is 0 Å². The molecule has 204 valence electrons. The first-order valence-corrected chi connectivity index (χ1v) is 16.2. The molecule has 0 N–H and O–H groups in total. The molecule has 0 bridgehead atoms. The molecule has 2 aromatic rings. The number of anilines is 1. The van der Waals surface area contributed by atoms with Crippen molar-refractivity contribution in [1.29, 1.82) is 0 Å². The van der Waals surface area contributed by atoms with Crippen molar-refractivity contribution in [1.82, 2.24) is 15.1 Å². The van der Waals surface area contributed by atoms with Crippen molar-refractivity contribution >= 4 is 64.3 Å². The Morgan fingerprint density at radius 1 is 1.22 bits per heavy atom. The molecule has 2 heterocycles. The van der Waals surface area contributed by atoms with Crippen LogP contribution in [0.5, 0.6) is 0 Å². The SMILES string of the molecule is CC(C)(C)OC(=O)N1CCN(c2c([N+](=O)[O-])nnc3cc(Br)c(Cl)cc23)[C@@H](CO[Si](C)(C)C(C)(C)C)C1. The highest BCUT2D eigenvalue weighted by Gasteiger charge is 2.41. The number of rotatable bonds is 5. The van der Waals surface area contributed by atoms with Crippen molar-refractivity contribution in [2.75, 3.05) is 31.1 Å². The lowest BCUT2D eigenvalue weighted by Gasteiger charge is -2.44. The van der Waals surface area contributed by atoms with Crippen LogP contribution in [-0.2, 0) is 9.16 Å². The molecule has 0 spiro atoms. The number of halogens is 2. The van der Waals surface area contributed by atoms with Gasteiger partial charge in [-0.05, 0) is 77.0 Å². The molecule has 1 aromatic carbocycles. The number of nitro groups is 1. The van der Waals surface area contributed by atoms with Crippen LogP contribution in [0.25, 0.3) is 10.9 Å². The molecule has 13 heteroatoms. The van der Waals surface area contributed by atoms with Gasteiger partial charge in [0, 0.05) is 29.5 Å². The van der Waals surface area contributed by atoms with E-state index >= 15 is 0 Å². The summed E-state index contributed by atoms with van der Waals surface area (Å²) in [6.07, 6.45) is -0.427. The molecule has 1 saturated heterocycles. The molecule has 0 aliphatic carbocycles. The van der Waals surface area contributed by atoms with Gasteiger partial charge in [-0.2, -0.15) is 0 Å². The van der Waals surface area contributed by atoms with E-state index in [0.717, 1.165) is 0 Å². The maximum atomic E-state index is 12.9. The van der Waals surface area contributed by atoms with E-state index in [2.05, 4.69) is 60.0 Å². The number of hydrogen-bond donors (Lipinski definition) is 0. The van der Waals surface area contributed by atoms with Crippen molar-refractivity contribution in [3.05, 3.63) is 31.7 Å². The number of ether oxygens (including phenoxy) is 1. The number of hydrogen-bond acceptors (Lipinski definition) is 8. The predicted octanol–water partition coefficient (Wildman–Crippen LogP) is 6.40. The number of carbonyl (C=O) groups is 1. The molecule has 1 fully saturated rings. The van der Waals surface area contributed by atoms with Crippen LogP contribution < -0.4 is 4.90 Å². The smallest absolute Gasteiger partial charge is 0.414 e. The third-order valence-corrected chi connectivity index (χ3v) is 12.5. The highest BCUT2D eigenvalue weighted by atomic mass is 79.9. The average molecular weight is 617 g/mol. The summed E-state index contributed by atoms with van der Waals surface area (Å²) < 4.78 is 12.8. The summed E-state index contributed by atoms with van der Waals surface area (Å²) in [6, 6.07) is 2.96. The third kappa shape index (κ3) is 6.71. The molecule has 1 atom stereocenters. The Morgan fingerprint density at radius 2 is 1.86 bits per heavy atom. The maximum absolute atomic E-state index is 12.9. The standard InChI is InChI=1S/C24H35BrClN5O5Si/c1-23(2,3)36-22(32)29-9-10-30(15(13-29)14-35-37(7,8)24(4,5)6)20-16-11-18(26)17(25)12-19(16)27-28-21(20)31(33)34/h11-12,15H,9-10,13-14H2,1-8H3/t15-/m1/s1. The number of nitrogens with zero attached hydrogens (tertiary/aromatic N) is 5. The van der Waals surface area contributed by atoms with Gasteiger partial charge in [-0.25, -0.2) is 4.79 Å². The van der Waals surface area contributed by atoms with Gasteiger partial charge in [0.05, 0.1) is 22.8 Å². The summed E-state index contributed by atoms with van der Waals surface area (Å²) in [6.45, 7) is 17.4. The lowest BCUT2D eigenvalue weighted by molar-refractivity contribution is -0.389. The van der Waals surface area contributed by atoms with Crippen LogP contribution in [0.3, 0.4) is 0 Å². The van der Waals surface area contributed by atoms with Gasteiger partial charge in [0.1, 0.15) is 16.8 Å². The van der Waals surface area contributed by atoms with Crippen LogP contribution in [-0.4, -0.2) is 72.3 Å². The largest absolute Gasteiger partial charge is 0.444 e. The summed E-state index contributed by atoms with van der Waals surface area (Å²) in [7, 11) is -2.16. The molecule has 1 aliphatic heterocycles. The summed E-state index contributed by atoms with van der Waals surface area (Å²) in [4.78, 5) is 28.0. The van der Waals surface area contributed by atoms with Gasteiger partial charge in [-0.3, -0.25) is 0 Å². The van der Waals surface area contributed by atoms with E-state index in [-0.39, 0.29) is 30.0 Å². The highest BCUT2D eigenvalue weighted by Crippen LogP contribution is 2.40. The van der Waals surface area contributed by atoms with Crippen LogP contribution in [0.1, 0.15) is 41.5 Å². The van der Waals surface area contributed by atoms with E-state index in [1.165, 1.54) is 0 Å². The minimum absolute atomic E-state index is 0.0337. The number of piperazine rings is 1. The Morgan fingerprint density at radius 3 is 2.43 bits per heavy atom. The topological polar surface area (TPSA) is 111 Å². The predicted molar refractivity (Wildman–Crippen MR) is 151 cm³/mol. The van der Waals surface area contributed by atoms with Crippen molar-refractivity contribution < 1.29 is 18.9 Å². The molecule has 3 rings (SSSR count). The first kappa shape index (κ1) is 29.5. The summed E-state index contributed by atoms with van der Waals surface area (Å²) >= 11 is 9.78. The van der Waals surface area contributed by atoms with Gasteiger partial charge < -0.3 is 29.1 Å². The van der Waals surface area contributed by atoms with Gasteiger partial charge in [0.25, 0.3) is 0 Å². The number of fused-ring (bicyclic) bond motifs is 1. The Kier molecular flexibility index (Phi) is 8.48. The first-order valence-electron chi connectivity index (χ1n) is 12.1. The van der Waals surface area contributed by atoms with E-state index in [4.69, 9.17) is 20.8 Å². The first-order chi connectivity index (χ1) is 16.9. The molecule has 0 radical (unpaired) electrons. The molecule has 1 amide bonds. The van der Waals surface area contributed by atoms with Gasteiger partial charge >= 0.3 is 11.9 Å². The normalized spacial score (nSPS) is 17.3. The monoisotopic (exact) mass is 615 g/mol. The molecular weight excluding hydrogens is 582 g/mol. The van der Waals surface area contributed by atoms with Crippen molar-refractivity contribution in [3.63, 3.8) is 0 Å². The highest BCUT2D eigenvalue weighted by molar-refractivity contribution is 9.10. The van der Waals surface area contributed by atoms with E-state index in [0.29, 0.717) is 39.2 Å². The second kappa shape index (κ2) is 10.6. The lowest BCUT2D eigenvalue weighted by atomic mass is 10.1. The van der Waals surface area contributed by atoms with E-state index in [9.17, 15) is 14.9 Å². The molecule has 10 nitrogen and oxygen atoms in total.